The fourth-order valence-corrected chi connectivity index (χ4v) is 1.85. The normalized spacial score (nSPS) is 10.5. The van der Waals surface area contributed by atoms with E-state index >= 15 is 0 Å². The van der Waals surface area contributed by atoms with E-state index in [2.05, 4.69) is 37.3 Å². The van der Waals surface area contributed by atoms with Gasteiger partial charge in [0.05, 0.1) is 0 Å². The number of rotatable bonds is 4. The summed E-state index contributed by atoms with van der Waals surface area (Å²) in [6, 6.07) is 12.1. The molecular weight excluding hydrogens is 238 g/mol. The molecule has 0 fully saturated rings. The lowest BCUT2D eigenvalue weighted by Crippen LogP contribution is -1.93. The second kappa shape index (κ2) is 5.39. The Morgan fingerprint density at radius 2 is 1.89 bits per heavy atom. The summed E-state index contributed by atoms with van der Waals surface area (Å²) in [6.07, 6.45) is 4.96. The van der Waals surface area contributed by atoms with E-state index in [4.69, 9.17) is 0 Å². The van der Waals surface area contributed by atoms with Crippen LogP contribution in [0.25, 0.3) is 11.5 Å². The highest BCUT2D eigenvalue weighted by atomic mass is 15.2. The Morgan fingerprint density at radius 1 is 1.00 bits per heavy atom. The third-order valence-corrected chi connectivity index (χ3v) is 2.84. The molecule has 2 heterocycles. The SMILES string of the molecule is c1ccc(CCc2nc(-c3ccncn3)n[nH]2)cc1. The van der Waals surface area contributed by atoms with E-state index in [9.17, 15) is 0 Å². The second-order valence-electron chi connectivity index (χ2n) is 4.19. The van der Waals surface area contributed by atoms with Gasteiger partial charge in [0, 0.05) is 12.6 Å². The first-order chi connectivity index (χ1) is 9.42. The number of hydrogen-bond acceptors (Lipinski definition) is 4. The van der Waals surface area contributed by atoms with Crippen molar-refractivity contribution in [2.24, 2.45) is 0 Å². The summed E-state index contributed by atoms with van der Waals surface area (Å²) in [4.78, 5) is 12.4. The maximum Gasteiger partial charge on any atom is 0.199 e. The summed E-state index contributed by atoms with van der Waals surface area (Å²) in [5, 5.41) is 7.13. The summed E-state index contributed by atoms with van der Waals surface area (Å²) in [7, 11) is 0. The van der Waals surface area contributed by atoms with E-state index in [0.29, 0.717) is 5.82 Å². The lowest BCUT2D eigenvalue weighted by atomic mass is 10.1. The van der Waals surface area contributed by atoms with Crippen molar-refractivity contribution < 1.29 is 0 Å². The third kappa shape index (κ3) is 2.82. The van der Waals surface area contributed by atoms with Crippen LogP contribution in [0.15, 0.2) is 48.9 Å². The van der Waals surface area contributed by atoms with Gasteiger partial charge >= 0.3 is 0 Å². The first-order valence-corrected chi connectivity index (χ1v) is 6.13. The maximum absolute atomic E-state index is 4.44. The smallest absolute Gasteiger partial charge is 0.199 e. The van der Waals surface area contributed by atoms with Crippen molar-refractivity contribution in [3.63, 3.8) is 0 Å². The average Bonchev–Trinajstić information content (AvgIpc) is 2.96. The Bertz CT molecular complexity index is 633. The number of nitrogens with one attached hydrogen (secondary N) is 1. The van der Waals surface area contributed by atoms with Gasteiger partial charge in [-0.2, -0.15) is 5.10 Å². The van der Waals surface area contributed by atoms with Crippen molar-refractivity contribution in [3.8, 4) is 11.5 Å². The minimum Gasteiger partial charge on any atom is -0.263 e. The number of aromatic amines is 1. The molecule has 0 spiro atoms. The van der Waals surface area contributed by atoms with Crippen LogP contribution in [0.2, 0.25) is 0 Å². The first kappa shape index (κ1) is 11.5. The standard InChI is InChI=1S/C14H13N5/c1-2-4-11(5-3-1)6-7-13-17-14(19-18-13)12-8-9-15-10-16-12/h1-5,8-10H,6-7H2,(H,17,18,19). The van der Waals surface area contributed by atoms with Gasteiger partial charge in [-0.05, 0) is 18.1 Å². The van der Waals surface area contributed by atoms with Crippen molar-refractivity contribution in [2.75, 3.05) is 0 Å². The zero-order chi connectivity index (χ0) is 12.9. The van der Waals surface area contributed by atoms with E-state index in [0.717, 1.165) is 24.4 Å². The van der Waals surface area contributed by atoms with Gasteiger partial charge in [0.1, 0.15) is 17.8 Å². The number of hydrogen-bond donors (Lipinski definition) is 1. The van der Waals surface area contributed by atoms with E-state index in [1.54, 1.807) is 12.3 Å². The van der Waals surface area contributed by atoms with E-state index in [1.807, 2.05) is 18.2 Å². The van der Waals surface area contributed by atoms with Crippen LogP contribution in [-0.2, 0) is 12.8 Å². The van der Waals surface area contributed by atoms with Crippen molar-refractivity contribution in [1.29, 1.82) is 0 Å². The Labute approximate surface area is 110 Å². The van der Waals surface area contributed by atoms with Crippen LogP contribution in [0, 0.1) is 0 Å². The molecule has 3 rings (SSSR count). The third-order valence-electron chi connectivity index (χ3n) is 2.84. The molecule has 19 heavy (non-hydrogen) atoms. The van der Waals surface area contributed by atoms with Gasteiger partial charge in [0.25, 0.3) is 0 Å². The largest absolute Gasteiger partial charge is 0.263 e. The van der Waals surface area contributed by atoms with Crippen LogP contribution in [0.5, 0.6) is 0 Å². The van der Waals surface area contributed by atoms with Gasteiger partial charge in [-0.3, -0.25) is 5.10 Å². The Hall–Kier alpha value is -2.56. The predicted molar refractivity (Wildman–Crippen MR) is 71.3 cm³/mol. The summed E-state index contributed by atoms with van der Waals surface area (Å²) in [5.41, 5.74) is 2.03. The van der Waals surface area contributed by atoms with Crippen LogP contribution in [0.4, 0.5) is 0 Å². The van der Waals surface area contributed by atoms with Gasteiger partial charge < -0.3 is 0 Å². The molecular formula is C14H13N5. The average molecular weight is 251 g/mol. The van der Waals surface area contributed by atoms with Crippen LogP contribution in [-0.4, -0.2) is 25.1 Å². The molecule has 0 saturated heterocycles. The lowest BCUT2D eigenvalue weighted by molar-refractivity contribution is 0.865. The number of H-pyrrole nitrogens is 1. The Balaban J connectivity index is 1.69. The molecule has 1 aromatic carbocycles. The first-order valence-electron chi connectivity index (χ1n) is 6.13. The summed E-state index contributed by atoms with van der Waals surface area (Å²) >= 11 is 0. The Kier molecular flexibility index (Phi) is 3.27. The highest BCUT2D eigenvalue weighted by Gasteiger charge is 2.06. The molecule has 0 saturated carbocycles. The van der Waals surface area contributed by atoms with Crippen LogP contribution >= 0.6 is 0 Å². The molecule has 0 bridgehead atoms. The molecule has 94 valence electrons. The van der Waals surface area contributed by atoms with Crippen molar-refractivity contribution >= 4 is 0 Å². The molecule has 0 unspecified atom stereocenters. The molecule has 2 aromatic heterocycles. The molecule has 0 atom stereocenters. The molecule has 5 nitrogen and oxygen atoms in total. The highest BCUT2D eigenvalue weighted by Crippen LogP contribution is 2.10. The number of aryl methyl sites for hydroxylation is 2. The van der Waals surface area contributed by atoms with E-state index in [1.165, 1.54) is 11.9 Å². The predicted octanol–water partition coefficient (Wildman–Crippen LogP) is 2.05. The minimum absolute atomic E-state index is 0.616. The lowest BCUT2D eigenvalue weighted by Gasteiger charge is -1.97. The number of aromatic nitrogens is 5. The molecule has 0 aliphatic rings. The topological polar surface area (TPSA) is 67.3 Å². The highest BCUT2D eigenvalue weighted by molar-refractivity contribution is 5.46. The maximum atomic E-state index is 4.44. The summed E-state index contributed by atoms with van der Waals surface area (Å²) in [6.45, 7) is 0. The molecule has 5 heteroatoms. The Morgan fingerprint density at radius 3 is 2.68 bits per heavy atom. The summed E-state index contributed by atoms with van der Waals surface area (Å²) < 4.78 is 0. The van der Waals surface area contributed by atoms with Gasteiger partial charge in [-0.25, -0.2) is 15.0 Å². The fraction of sp³-hybridized carbons (Fsp3) is 0.143. The fourth-order valence-electron chi connectivity index (χ4n) is 1.85. The minimum atomic E-state index is 0.616. The van der Waals surface area contributed by atoms with Gasteiger partial charge in [-0.1, -0.05) is 30.3 Å². The number of nitrogens with zero attached hydrogens (tertiary/aromatic N) is 4. The van der Waals surface area contributed by atoms with Crippen molar-refractivity contribution in [2.45, 2.75) is 12.8 Å². The van der Waals surface area contributed by atoms with Crippen LogP contribution in [0.1, 0.15) is 11.4 Å². The zero-order valence-electron chi connectivity index (χ0n) is 10.3. The summed E-state index contributed by atoms with van der Waals surface area (Å²) in [5.74, 6) is 1.49. The van der Waals surface area contributed by atoms with Gasteiger partial charge in [0.2, 0.25) is 0 Å². The van der Waals surface area contributed by atoms with E-state index in [-0.39, 0.29) is 0 Å². The zero-order valence-corrected chi connectivity index (χ0v) is 10.3. The number of benzene rings is 1. The molecule has 1 N–H and O–H groups in total. The quantitative estimate of drug-likeness (QED) is 0.770. The molecule has 3 aromatic rings. The van der Waals surface area contributed by atoms with Gasteiger partial charge in [0.15, 0.2) is 5.82 Å². The van der Waals surface area contributed by atoms with Crippen molar-refractivity contribution in [1.82, 2.24) is 25.1 Å². The molecule has 0 aliphatic carbocycles. The molecule has 0 aliphatic heterocycles. The molecule has 0 amide bonds. The molecule has 0 radical (unpaired) electrons. The van der Waals surface area contributed by atoms with Crippen LogP contribution in [0.3, 0.4) is 0 Å². The monoisotopic (exact) mass is 251 g/mol. The van der Waals surface area contributed by atoms with Crippen LogP contribution < -0.4 is 0 Å². The van der Waals surface area contributed by atoms with Crippen molar-refractivity contribution in [3.05, 3.63) is 60.3 Å². The van der Waals surface area contributed by atoms with E-state index < -0.39 is 0 Å². The second-order valence-corrected chi connectivity index (χ2v) is 4.19. The van der Waals surface area contributed by atoms with Gasteiger partial charge in [-0.15, -0.1) is 0 Å².